The maximum absolute atomic E-state index is 6.54. The number of hydrogen-bond donors (Lipinski definition) is 0. The van der Waals surface area contributed by atoms with E-state index in [2.05, 4.69) is 71.7 Å². The van der Waals surface area contributed by atoms with Gasteiger partial charge >= 0.3 is 163 Å². The minimum atomic E-state index is -1.16. The monoisotopic (exact) mass is 425 g/mol. The molecule has 1 aromatic carbocycles. The van der Waals surface area contributed by atoms with Crippen LogP contribution in [0.25, 0.3) is 0 Å². The first-order chi connectivity index (χ1) is 11.4. The molecule has 139 valence electrons. The van der Waals surface area contributed by atoms with Gasteiger partial charge in [0.15, 0.2) is 0 Å². The summed E-state index contributed by atoms with van der Waals surface area (Å²) in [5, 5.41) is 0.199. The van der Waals surface area contributed by atoms with Crippen molar-refractivity contribution in [1.82, 2.24) is 0 Å². The van der Waals surface area contributed by atoms with Crippen molar-refractivity contribution in [2.75, 3.05) is 5.51 Å². The number of rotatable bonds is 7. The van der Waals surface area contributed by atoms with E-state index < -0.39 is 14.6 Å². The fourth-order valence-corrected chi connectivity index (χ4v) is 8.14. The molecule has 0 aromatic heterocycles. The molecule has 25 heavy (non-hydrogen) atoms. The molecule has 0 heterocycles. The standard InChI is InChI=1S/C21H33O2SeSi/c1-10-18(23-25(19(2,3)4)20(5,6)7)21(8,9)22-16-24-17-14-12-11-13-15-17/h1,11-15,18H,16H2,2-9H3. The van der Waals surface area contributed by atoms with Gasteiger partial charge in [-0.05, 0) is 0 Å². The zero-order valence-electron chi connectivity index (χ0n) is 17.0. The van der Waals surface area contributed by atoms with Gasteiger partial charge in [0.05, 0.1) is 0 Å². The molecule has 1 rings (SSSR count). The summed E-state index contributed by atoms with van der Waals surface area (Å²) >= 11 is 0.277. The topological polar surface area (TPSA) is 18.5 Å². The van der Waals surface area contributed by atoms with Crippen LogP contribution in [0.1, 0.15) is 55.4 Å². The molecular weight excluding hydrogens is 391 g/mol. The molecule has 0 spiro atoms. The molecule has 0 bridgehead atoms. The number of terminal acetylenes is 1. The van der Waals surface area contributed by atoms with E-state index in [0.29, 0.717) is 5.51 Å². The average molecular weight is 425 g/mol. The quantitative estimate of drug-likeness (QED) is 0.478. The van der Waals surface area contributed by atoms with E-state index in [9.17, 15) is 0 Å². The Kier molecular flexibility index (Phi) is 7.99. The van der Waals surface area contributed by atoms with Crippen LogP contribution in [0.5, 0.6) is 0 Å². The van der Waals surface area contributed by atoms with Crippen LogP contribution in [0.3, 0.4) is 0 Å². The molecule has 0 aliphatic carbocycles. The second-order valence-electron chi connectivity index (χ2n) is 8.82. The van der Waals surface area contributed by atoms with E-state index in [1.165, 1.54) is 4.46 Å². The van der Waals surface area contributed by atoms with Gasteiger partial charge in [0.25, 0.3) is 0 Å². The van der Waals surface area contributed by atoms with Crippen LogP contribution >= 0.6 is 0 Å². The summed E-state index contributed by atoms with van der Waals surface area (Å²) in [5.74, 6) is 2.85. The van der Waals surface area contributed by atoms with Gasteiger partial charge < -0.3 is 0 Å². The van der Waals surface area contributed by atoms with Gasteiger partial charge in [-0.1, -0.05) is 0 Å². The molecule has 0 saturated carbocycles. The number of benzene rings is 1. The Morgan fingerprint density at radius 1 is 1.00 bits per heavy atom. The fraction of sp³-hybridized carbons (Fsp3) is 0.619. The molecule has 0 aliphatic rings. The van der Waals surface area contributed by atoms with Crippen LogP contribution in [-0.4, -0.2) is 41.2 Å². The van der Waals surface area contributed by atoms with Crippen LogP contribution < -0.4 is 4.46 Å². The van der Waals surface area contributed by atoms with Gasteiger partial charge in [-0.3, -0.25) is 0 Å². The van der Waals surface area contributed by atoms with Crippen molar-refractivity contribution in [3.63, 3.8) is 0 Å². The van der Waals surface area contributed by atoms with E-state index in [-0.39, 0.29) is 31.1 Å². The second-order valence-corrected chi connectivity index (χ2v) is 14.8. The first kappa shape index (κ1) is 22.5. The van der Waals surface area contributed by atoms with Crippen LogP contribution in [0, 0.1) is 12.3 Å². The molecule has 1 unspecified atom stereocenters. The van der Waals surface area contributed by atoms with Crippen LogP contribution in [0.15, 0.2) is 30.3 Å². The first-order valence-corrected chi connectivity index (χ1v) is 12.2. The summed E-state index contributed by atoms with van der Waals surface area (Å²) in [5.41, 5.74) is 0.191. The Labute approximate surface area is 163 Å². The fourth-order valence-electron chi connectivity index (χ4n) is 2.81. The Hall–Kier alpha value is -0.564. The van der Waals surface area contributed by atoms with Crippen molar-refractivity contribution in [1.29, 1.82) is 0 Å². The average Bonchev–Trinajstić information content (AvgIpc) is 2.45. The summed E-state index contributed by atoms with van der Waals surface area (Å²) in [7, 11) is -1.16. The summed E-state index contributed by atoms with van der Waals surface area (Å²) in [4.78, 5) is 0. The Morgan fingerprint density at radius 3 is 1.96 bits per heavy atom. The van der Waals surface area contributed by atoms with Crippen LogP contribution in [0.2, 0.25) is 10.1 Å². The Balaban J connectivity index is 2.77. The van der Waals surface area contributed by atoms with Crippen molar-refractivity contribution in [3.05, 3.63) is 30.3 Å². The van der Waals surface area contributed by atoms with Crippen molar-refractivity contribution >= 4 is 28.5 Å². The molecule has 0 amide bonds. The van der Waals surface area contributed by atoms with E-state index in [1.807, 2.05) is 19.9 Å². The van der Waals surface area contributed by atoms with Crippen LogP contribution in [-0.2, 0) is 9.16 Å². The second kappa shape index (κ2) is 8.89. The summed E-state index contributed by atoms with van der Waals surface area (Å²) in [6, 6.07) is 10.5. The zero-order chi connectivity index (χ0) is 19.3. The molecule has 0 aliphatic heterocycles. The molecule has 1 atom stereocenters. The SMILES string of the molecule is C#CC(O[Si](C(C)(C)C)C(C)(C)C)C(C)(C)OC[Se]c1ccccc1. The van der Waals surface area contributed by atoms with Crippen molar-refractivity contribution in [2.45, 2.75) is 77.2 Å². The van der Waals surface area contributed by atoms with E-state index >= 15 is 0 Å². The normalized spacial score (nSPS) is 14.4. The van der Waals surface area contributed by atoms with E-state index in [1.54, 1.807) is 0 Å². The molecule has 0 fully saturated rings. The third kappa shape index (κ3) is 7.29. The summed E-state index contributed by atoms with van der Waals surface area (Å²) in [6.07, 6.45) is 5.50. The summed E-state index contributed by atoms with van der Waals surface area (Å²) in [6.45, 7) is 17.5. The zero-order valence-corrected chi connectivity index (χ0v) is 19.7. The molecule has 2 nitrogen and oxygen atoms in total. The molecule has 0 saturated heterocycles. The van der Waals surface area contributed by atoms with E-state index in [4.69, 9.17) is 15.6 Å². The molecule has 4 heteroatoms. The minimum absolute atomic E-state index is 0.0993. The molecule has 1 radical (unpaired) electrons. The van der Waals surface area contributed by atoms with Gasteiger partial charge in [0.1, 0.15) is 0 Å². The Morgan fingerprint density at radius 2 is 1.52 bits per heavy atom. The number of ether oxygens (including phenoxy) is 1. The van der Waals surface area contributed by atoms with Gasteiger partial charge in [-0.2, -0.15) is 0 Å². The Bertz CT molecular complexity index is 550. The molecular formula is C21H33O2SeSi. The van der Waals surface area contributed by atoms with Crippen molar-refractivity contribution in [2.24, 2.45) is 0 Å². The predicted molar refractivity (Wildman–Crippen MR) is 111 cm³/mol. The van der Waals surface area contributed by atoms with E-state index in [0.717, 1.165) is 0 Å². The summed E-state index contributed by atoms with van der Waals surface area (Å²) < 4.78 is 14.1. The number of hydrogen-bond acceptors (Lipinski definition) is 2. The van der Waals surface area contributed by atoms with Crippen molar-refractivity contribution < 1.29 is 9.16 Å². The van der Waals surface area contributed by atoms with Crippen molar-refractivity contribution in [3.8, 4) is 12.3 Å². The van der Waals surface area contributed by atoms with Crippen LogP contribution in [0.4, 0.5) is 0 Å². The van der Waals surface area contributed by atoms with Gasteiger partial charge in [0, 0.05) is 0 Å². The molecule has 1 aromatic rings. The van der Waals surface area contributed by atoms with Gasteiger partial charge in [-0.25, -0.2) is 0 Å². The third-order valence-corrected chi connectivity index (χ3v) is 8.74. The maximum atomic E-state index is 6.54. The third-order valence-electron chi connectivity index (χ3n) is 3.78. The molecule has 0 N–H and O–H groups in total. The van der Waals surface area contributed by atoms with Gasteiger partial charge in [0.2, 0.25) is 0 Å². The predicted octanol–water partition coefficient (Wildman–Crippen LogP) is 4.38. The van der Waals surface area contributed by atoms with Gasteiger partial charge in [-0.15, -0.1) is 0 Å². The first-order valence-electron chi connectivity index (χ1n) is 8.70.